The highest BCUT2D eigenvalue weighted by Gasteiger charge is 2.07. The van der Waals surface area contributed by atoms with Gasteiger partial charge in [0.15, 0.2) is 0 Å². The van der Waals surface area contributed by atoms with Crippen LogP contribution >= 0.6 is 27.5 Å². The van der Waals surface area contributed by atoms with Gasteiger partial charge < -0.3 is 5.73 Å². The second kappa shape index (κ2) is 3.24. The van der Waals surface area contributed by atoms with Crippen molar-refractivity contribution in [2.75, 3.05) is 5.73 Å². The van der Waals surface area contributed by atoms with Crippen molar-refractivity contribution in [3.8, 4) is 0 Å². The van der Waals surface area contributed by atoms with E-state index in [0.29, 0.717) is 15.7 Å². The van der Waals surface area contributed by atoms with Gasteiger partial charge in [0.25, 0.3) is 5.24 Å². The summed E-state index contributed by atoms with van der Waals surface area (Å²) in [5.41, 5.74) is 6.25. The predicted octanol–water partition coefficient (Wildman–Crippen LogP) is 2.41. The Bertz CT molecular complexity index is 300. The van der Waals surface area contributed by atoms with Crippen molar-refractivity contribution in [2.45, 2.75) is 0 Å². The average Bonchev–Trinajstić information content (AvgIpc) is 1.94. The Balaban J connectivity index is 3.27. The van der Waals surface area contributed by atoms with Gasteiger partial charge in [0.05, 0.1) is 11.3 Å². The van der Waals surface area contributed by atoms with Crippen molar-refractivity contribution < 1.29 is 4.79 Å². The minimum Gasteiger partial charge on any atom is -0.397 e. The zero-order valence-electron chi connectivity index (χ0n) is 5.47. The molecular weight excluding hydrogens is 229 g/mol. The molecule has 0 unspecified atom stereocenters. The molecular formula is C7H5BrClNO. The molecule has 1 aromatic carbocycles. The summed E-state index contributed by atoms with van der Waals surface area (Å²) >= 11 is 8.42. The molecule has 0 saturated carbocycles. The molecule has 0 aliphatic rings. The molecule has 0 atom stereocenters. The van der Waals surface area contributed by atoms with Crippen molar-refractivity contribution in [2.24, 2.45) is 0 Å². The molecule has 0 saturated heterocycles. The van der Waals surface area contributed by atoms with E-state index < -0.39 is 5.24 Å². The summed E-state index contributed by atoms with van der Waals surface area (Å²) in [5.74, 6) is 0. The first-order chi connectivity index (χ1) is 5.13. The lowest BCUT2D eigenvalue weighted by Crippen LogP contribution is -1.97. The van der Waals surface area contributed by atoms with Crippen molar-refractivity contribution in [1.82, 2.24) is 0 Å². The Morgan fingerprint density at radius 2 is 2.18 bits per heavy atom. The smallest absolute Gasteiger partial charge is 0.254 e. The standard InChI is InChI=1S/C7H5BrClNO/c8-5-3-1-2-4(6(5)10)7(9)11/h1-3H,10H2. The van der Waals surface area contributed by atoms with Gasteiger partial charge in [-0.1, -0.05) is 6.07 Å². The number of anilines is 1. The fraction of sp³-hybridized carbons (Fsp3) is 0. The van der Waals surface area contributed by atoms with E-state index in [0.717, 1.165) is 0 Å². The van der Waals surface area contributed by atoms with Gasteiger partial charge in [-0.3, -0.25) is 4.79 Å². The highest BCUT2D eigenvalue weighted by atomic mass is 79.9. The number of carbonyl (C=O) groups excluding carboxylic acids is 1. The largest absolute Gasteiger partial charge is 0.397 e. The fourth-order valence-corrected chi connectivity index (χ4v) is 1.24. The number of para-hydroxylation sites is 1. The number of carbonyl (C=O) groups is 1. The maximum absolute atomic E-state index is 10.7. The lowest BCUT2D eigenvalue weighted by molar-refractivity contribution is 0.108. The van der Waals surface area contributed by atoms with Gasteiger partial charge in [-0.2, -0.15) is 0 Å². The van der Waals surface area contributed by atoms with Crippen LogP contribution in [0.1, 0.15) is 10.4 Å². The molecule has 0 heterocycles. The van der Waals surface area contributed by atoms with Crippen LogP contribution in [0, 0.1) is 0 Å². The van der Waals surface area contributed by atoms with E-state index in [-0.39, 0.29) is 0 Å². The molecule has 1 rings (SSSR count). The second-order valence-corrected chi connectivity index (χ2v) is 3.17. The van der Waals surface area contributed by atoms with Crippen molar-refractivity contribution >= 4 is 38.5 Å². The zero-order valence-corrected chi connectivity index (χ0v) is 7.82. The van der Waals surface area contributed by atoms with E-state index in [9.17, 15) is 4.79 Å². The zero-order chi connectivity index (χ0) is 8.43. The van der Waals surface area contributed by atoms with E-state index in [1.54, 1.807) is 18.2 Å². The van der Waals surface area contributed by atoms with Crippen molar-refractivity contribution in [3.05, 3.63) is 28.2 Å². The van der Waals surface area contributed by atoms with Gasteiger partial charge in [-0.05, 0) is 39.7 Å². The SMILES string of the molecule is Nc1c(Br)cccc1C(=O)Cl. The highest BCUT2D eigenvalue weighted by molar-refractivity contribution is 9.10. The van der Waals surface area contributed by atoms with Crippen LogP contribution in [0.25, 0.3) is 0 Å². The molecule has 0 aromatic heterocycles. The normalized spacial score (nSPS) is 9.64. The third-order valence-corrected chi connectivity index (χ3v) is 2.16. The van der Waals surface area contributed by atoms with Gasteiger partial charge in [0.2, 0.25) is 0 Å². The molecule has 11 heavy (non-hydrogen) atoms. The molecule has 1 aromatic rings. The third kappa shape index (κ3) is 1.73. The molecule has 2 N–H and O–H groups in total. The Morgan fingerprint density at radius 1 is 1.55 bits per heavy atom. The number of nitrogens with two attached hydrogens (primary N) is 1. The van der Waals surface area contributed by atoms with E-state index >= 15 is 0 Å². The molecule has 4 heteroatoms. The average molecular weight is 234 g/mol. The molecule has 0 fully saturated rings. The predicted molar refractivity (Wildman–Crippen MR) is 48.7 cm³/mol. The quantitative estimate of drug-likeness (QED) is 0.599. The maximum Gasteiger partial charge on any atom is 0.254 e. The van der Waals surface area contributed by atoms with Crippen LogP contribution in [0.15, 0.2) is 22.7 Å². The first-order valence-corrected chi connectivity index (χ1v) is 4.04. The van der Waals surface area contributed by atoms with Gasteiger partial charge in [-0.15, -0.1) is 0 Å². The lowest BCUT2D eigenvalue weighted by Gasteiger charge is -2.00. The molecule has 0 aliphatic heterocycles. The molecule has 0 spiro atoms. The van der Waals surface area contributed by atoms with Crippen molar-refractivity contribution in [3.63, 3.8) is 0 Å². The summed E-state index contributed by atoms with van der Waals surface area (Å²) < 4.78 is 0.684. The summed E-state index contributed by atoms with van der Waals surface area (Å²) in [6.07, 6.45) is 0. The summed E-state index contributed by atoms with van der Waals surface area (Å²) in [5, 5.41) is -0.538. The third-order valence-electron chi connectivity index (χ3n) is 1.26. The number of nitrogen functional groups attached to an aromatic ring is 1. The Labute approximate surface area is 77.5 Å². The monoisotopic (exact) mass is 233 g/mol. The van der Waals surface area contributed by atoms with Gasteiger partial charge in [-0.25, -0.2) is 0 Å². The van der Waals surface area contributed by atoms with E-state index in [1.165, 1.54) is 0 Å². The first kappa shape index (κ1) is 8.56. The number of halogens is 2. The number of hydrogen-bond acceptors (Lipinski definition) is 2. The molecule has 2 nitrogen and oxygen atoms in total. The van der Waals surface area contributed by atoms with Crippen LogP contribution < -0.4 is 5.73 Å². The maximum atomic E-state index is 10.7. The number of rotatable bonds is 1. The Hall–Kier alpha value is -0.540. The van der Waals surface area contributed by atoms with Crippen LogP contribution in [-0.4, -0.2) is 5.24 Å². The summed E-state index contributed by atoms with van der Waals surface area (Å²) in [6, 6.07) is 5.03. The lowest BCUT2D eigenvalue weighted by atomic mass is 10.2. The molecule has 0 bridgehead atoms. The minimum absolute atomic E-state index is 0.334. The fourth-order valence-electron chi connectivity index (χ4n) is 0.708. The van der Waals surface area contributed by atoms with Gasteiger partial charge >= 0.3 is 0 Å². The van der Waals surface area contributed by atoms with E-state index in [4.69, 9.17) is 17.3 Å². The van der Waals surface area contributed by atoms with E-state index in [1.807, 2.05) is 0 Å². The topological polar surface area (TPSA) is 43.1 Å². The number of benzene rings is 1. The van der Waals surface area contributed by atoms with E-state index in [2.05, 4.69) is 15.9 Å². The number of hydrogen-bond donors (Lipinski definition) is 1. The minimum atomic E-state index is -0.538. The van der Waals surface area contributed by atoms with Crippen LogP contribution in [0.4, 0.5) is 5.69 Å². The Morgan fingerprint density at radius 3 is 2.64 bits per heavy atom. The molecule has 58 valence electrons. The van der Waals surface area contributed by atoms with Crippen LogP contribution in [0.3, 0.4) is 0 Å². The van der Waals surface area contributed by atoms with Crippen molar-refractivity contribution in [1.29, 1.82) is 0 Å². The molecule has 0 aliphatic carbocycles. The van der Waals surface area contributed by atoms with Gasteiger partial charge in [0, 0.05) is 4.47 Å². The summed E-state index contributed by atoms with van der Waals surface area (Å²) in [6.45, 7) is 0. The second-order valence-electron chi connectivity index (χ2n) is 1.97. The summed E-state index contributed by atoms with van der Waals surface area (Å²) in [4.78, 5) is 10.7. The van der Waals surface area contributed by atoms with Gasteiger partial charge in [0.1, 0.15) is 0 Å². The molecule has 0 radical (unpaired) electrons. The van der Waals surface area contributed by atoms with Crippen LogP contribution in [0.2, 0.25) is 0 Å². The Kier molecular flexibility index (Phi) is 2.52. The highest BCUT2D eigenvalue weighted by Crippen LogP contribution is 2.23. The first-order valence-electron chi connectivity index (χ1n) is 2.86. The summed E-state index contributed by atoms with van der Waals surface area (Å²) in [7, 11) is 0. The van der Waals surface area contributed by atoms with Crippen LogP contribution in [0.5, 0.6) is 0 Å². The van der Waals surface area contributed by atoms with Crippen LogP contribution in [-0.2, 0) is 0 Å². The molecule has 0 amide bonds.